The first-order chi connectivity index (χ1) is 15.0. The van der Waals surface area contributed by atoms with Crippen molar-refractivity contribution in [2.45, 2.75) is 12.8 Å². The number of rotatable bonds is 6. The van der Waals surface area contributed by atoms with Gasteiger partial charge in [-0.15, -0.1) is 5.10 Å². The Labute approximate surface area is 179 Å². The predicted octanol–water partition coefficient (Wildman–Crippen LogP) is 2.51. The Kier molecular flexibility index (Phi) is 7.72. The normalized spacial score (nSPS) is 15.9. The SMILES string of the molecule is O=C(O)C=CC(=O)O.c1ccc(-n2nc(OCC3CCCNC3)c3ccccc32)nc1. The van der Waals surface area contributed by atoms with Crippen molar-refractivity contribution in [2.24, 2.45) is 5.92 Å². The summed E-state index contributed by atoms with van der Waals surface area (Å²) in [5.41, 5.74) is 1.02. The Morgan fingerprint density at radius 1 is 1.13 bits per heavy atom. The van der Waals surface area contributed by atoms with E-state index in [9.17, 15) is 9.59 Å². The molecule has 0 amide bonds. The number of aliphatic carboxylic acids is 2. The lowest BCUT2D eigenvalue weighted by Gasteiger charge is -2.22. The minimum atomic E-state index is -1.26. The highest BCUT2D eigenvalue weighted by atomic mass is 16.5. The molecular weight excluding hydrogens is 400 g/mol. The molecule has 1 aliphatic rings. The monoisotopic (exact) mass is 424 g/mol. The second kappa shape index (κ2) is 10.9. The molecule has 3 aromatic rings. The number of aromatic nitrogens is 3. The fraction of sp³-hybridized carbons (Fsp3) is 0.273. The van der Waals surface area contributed by atoms with E-state index in [1.165, 1.54) is 12.8 Å². The van der Waals surface area contributed by atoms with Crippen molar-refractivity contribution < 1.29 is 24.5 Å². The number of nitrogens with zero attached hydrogens (tertiary/aromatic N) is 3. The van der Waals surface area contributed by atoms with Crippen LogP contribution >= 0.6 is 0 Å². The molecular formula is C22H24N4O5. The average molecular weight is 424 g/mol. The van der Waals surface area contributed by atoms with Gasteiger partial charge >= 0.3 is 11.9 Å². The van der Waals surface area contributed by atoms with Crippen molar-refractivity contribution in [3.05, 3.63) is 60.8 Å². The summed E-state index contributed by atoms with van der Waals surface area (Å²) < 4.78 is 7.91. The zero-order valence-corrected chi connectivity index (χ0v) is 16.8. The number of carbonyl (C=O) groups is 2. The van der Waals surface area contributed by atoms with Gasteiger partial charge in [0.1, 0.15) is 0 Å². The first-order valence-corrected chi connectivity index (χ1v) is 9.91. The lowest BCUT2D eigenvalue weighted by atomic mass is 10.0. The quantitative estimate of drug-likeness (QED) is 0.515. The van der Waals surface area contributed by atoms with Crippen molar-refractivity contribution in [3.8, 4) is 11.7 Å². The number of fused-ring (bicyclic) bond motifs is 1. The van der Waals surface area contributed by atoms with E-state index in [1.54, 1.807) is 6.20 Å². The van der Waals surface area contributed by atoms with Gasteiger partial charge in [0.05, 0.1) is 17.5 Å². The summed E-state index contributed by atoms with van der Waals surface area (Å²) in [6.07, 6.45) is 5.33. The molecule has 2 aromatic heterocycles. The van der Waals surface area contributed by atoms with Gasteiger partial charge in [-0.1, -0.05) is 18.2 Å². The van der Waals surface area contributed by atoms with Gasteiger partial charge in [0.2, 0.25) is 5.88 Å². The maximum absolute atomic E-state index is 9.55. The maximum Gasteiger partial charge on any atom is 0.328 e. The highest BCUT2D eigenvalue weighted by Crippen LogP contribution is 2.27. The molecule has 1 saturated heterocycles. The van der Waals surface area contributed by atoms with Crippen LogP contribution in [-0.4, -0.2) is 56.6 Å². The molecule has 1 atom stereocenters. The van der Waals surface area contributed by atoms with Gasteiger partial charge in [0.15, 0.2) is 5.82 Å². The van der Waals surface area contributed by atoms with Gasteiger partial charge in [-0.3, -0.25) is 0 Å². The summed E-state index contributed by atoms with van der Waals surface area (Å²) in [5.74, 6) is -0.461. The lowest BCUT2D eigenvalue weighted by Crippen LogP contribution is -2.33. The van der Waals surface area contributed by atoms with Crippen LogP contribution in [0.25, 0.3) is 16.7 Å². The van der Waals surface area contributed by atoms with Crippen molar-refractivity contribution in [3.63, 3.8) is 0 Å². The van der Waals surface area contributed by atoms with Gasteiger partial charge in [-0.2, -0.15) is 0 Å². The van der Waals surface area contributed by atoms with Gasteiger partial charge in [0.25, 0.3) is 0 Å². The summed E-state index contributed by atoms with van der Waals surface area (Å²) in [4.78, 5) is 23.5. The van der Waals surface area contributed by atoms with Crippen molar-refractivity contribution in [1.29, 1.82) is 0 Å². The summed E-state index contributed by atoms with van der Waals surface area (Å²) in [5, 5.41) is 24.7. The van der Waals surface area contributed by atoms with Crippen LogP contribution in [0, 0.1) is 5.92 Å². The smallest absolute Gasteiger partial charge is 0.328 e. The van der Waals surface area contributed by atoms with Crippen molar-refractivity contribution >= 4 is 22.8 Å². The first-order valence-electron chi connectivity index (χ1n) is 9.91. The fourth-order valence-electron chi connectivity index (χ4n) is 3.20. The van der Waals surface area contributed by atoms with Crippen LogP contribution in [0.1, 0.15) is 12.8 Å². The van der Waals surface area contributed by atoms with Gasteiger partial charge in [0, 0.05) is 30.8 Å². The second-order valence-corrected chi connectivity index (χ2v) is 6.96. The molecule has 1 fully saturated rings. The van der Waals surface area contributed by atoms with Crippen LogP contribution in [0.2, 0.25) is 0 Å². The summed E-state index contributed by atoms with van der Waals surface area (Å²) in [6.45, 7) is 2.85. The van der Waals surface area contributed by atoms with Crippen molar-refractivity contribution in [2.75, 3.05) is 19.7 Å². The van der Waals surface area contributed by atoms with E-state index in [0.29, 0.717) is 30.6 Å². The van der Waals surface area contributed by atoms with Crippen LogP contribution in [0.4, 0.5) is 0 Å². The molecule has 9 nitrogen and oxygen atoms in total. The molecule has 4 rings (SSSR count). The van der Waals surface area contributed by atoms with E-state index in [2.05, 4.69) is 21.5 Å². The summed E-state index contributed by atoms with van der Waals surface area (Å²) >= 11 is 0. The van der Waals surface area contributed by atoms with E-state index in [1.807, 2.05) is 41.1 Å². The molecule has 162 valence electrons. The molecule has 31 heavy (non-hydrogen) atoms. The number of pyridine rings is 1. The number of hydrogen-bond acceptors (Lipinski definition) is 6. The molecule has 3 heterocycles. The molecule has 0 spiro atoms. The van der Waals surface area contributed by atoms with Crippen LogP contribution in [0.15, 0.2) is 60.8 Å². The molecule has 3 N–H and O–H groups in total. The van der Waals surface area contributed by atoms with Gasteiger partial charge < -0.3 is 20.3 Å². The topological polar surface area (TPSA) is 127 Å². The van der Waals surface area contributed by atoms with E-state index in [-0.39, 0.29) is 0 Å². The molecule has 9 heteroatoms. The van der Waals surface area contributed by atoms with Crippen LogP contribution in [-0.2, 0) is 9.59 Å². The largest absolute Gasteiger partial charge is 0.478 e. The number of ether oxygens (including phenoxy) is 1. The molecule has 1 unspecified atom stereocenters. The van der Waals surface area contributed by atoms with Crippen LogP contribution in [0.5, 0.6) is 5.88 Å². The van der Waals surface area contributed by atoms with Crippen LogP contribution in [0.3, 0.4) is 0 Å². The van der Waals surface area contributed by atoms with Crippen molar-refractivity contribution in [1.82, 2.24) is 20.1 Å². The van der Waals surface area contributed by atoms with E-state index in [4.69, 9.17) is 14.9 Å². The molecule has 0 radical (unpaired) electrons. The lowest BCUT2D eigenvalue weighted by molar-refractivity contribution is -0.134. The summed E-state index contributed by atoms with van der Waals surface area (Å²) in [6, 6.07) is 14.0. The Balaban J connectivity index is 0.000000293. The standard InChI is InChI=1S/C18H20N4O.C4H4O4/c1-2-8-16-15(7-1)18(23-13-14-6-5-10-19-12-14)21-22(16)17-9-3-4-11-20-17;5-3(6)1-2-4(7)8/h1-4,7-9,11,14,19H,5-6,10,12-13H2;1-2H,(H,5,6)(H,7,8). The third kappa shape index (κ3) is 6.38. The van der Waals surface area contributed by atoms with Gasteiger partial charge in [-0.25, -0.2) is 19.3 Å². The molecule has 1 aliphatic heterocycles. The zero-order valence-electron chi connectivity index (χ0n) is 16.8. The number of benzene rings is 1. The Morgan fingerprint density at radius 3 is 2.52 bits per heavy atom. The Morgan fingerprint density at radius 2 is 1.87 bits per heavy atom. The number of carboxylic acids is 2. The Bertz CT molecular complexity index is 1030. The number of carboxylic acid groups (broad SMARTS) is 2. The molecule has 0 saturated carbocycles. The highest BCUT2D eigenvalue weighted by molar-refractivity contribution is 5.89. The maximum atomic E-state index is 9.55. The average Bonchev–Trinajstić information content (AvgIpc) is 3.17. The number of hydrogen-bond donors (Lipinski definition) is 3. The fourth-order valence-corrected chi connectivity index (χ4v) is 3.20. The van der Waals surface area contributed by atoms with E-state index in [0.717, 1.165) is 29.8 Å². The molecule has 0 bridgehead atoms. The zero-order chi connectivity index (χ0) is 22.1. The minimum Gasteiger partial charge on any atom is -0.478 e. The number of piperidine rings is 1. The predicted molar refractivity (Wildman–Crippen MR) is 114 cm³/mol. The van der Waals surface area contributed by atoms with E-state index >= 15 is 0 Å². The highest BCUT2D eigenvalue weighted by Gasteiger charge is 2.17. The third-order valence-corrected chi connectivity index (χ3v) is 4.64. The molecule has 1 aromatic carbocycles. The second-order valence-electron chi connectivity index (χ2n) is 6.96. The number of nitrogens with one attached hydrogen (secondary N) is 1. The summed E-state index contributed by atoms with van der Waals surface area (Å²) in [7, 11) is 0. The molecule has 0 aliphatic carbocycles. The number of para-hydroxylation sites is 1. The van der Waals surface area contributed by atoms with E-state index < -0.39 is 11.9 Å². The third-order valence-electron chi connectivity index (χ3n) is 4.64. The Hall–Kier alpha value is -3.72. The minimum absolute atomic E-state index is 0.558. The first kappa shape index (κ1) is 22.0. The van der Waals surface area contributed by atoms with Crippen LogP contribution < -0.4 is 10.1 Å². The van der Waals surface area contributed by atoms with Gasteiger partial charge in [-0.05, 0) is 43.7 Å².